The molecule has 3 aliphatic rings. The van der Waals surface area contributed by atoms with Gasteiger partial charge in [0.25, 0.3) is 0 Å². The average molecular weight is 469 g/mol. The van der Waals surface area contributed by atoms with Crippen LogP contribution in [0.25, 0.3) is 0 Å². The van der Waals surface area contributed by atoms with Crippen LogP contribution in [-0.2, 0) is 23.1 Å². The van der Waals surface area contributed by atoms with Gasteiger partial charge in [-0.25, -0.2) is 9.97 Å². The van der Waals surface area contributed by atoms with Crippen LogP contribution in [0.3, 0.4) is 0 Å². The van der Waals surface area contributed by atoms with E-state index in [1.165, 1.54) is 46.5 Å². The number of benzene rings is 2. The van der Waals surface area contributed by atoms with Gasteiger partial charge in [-0.3, -0.25) is 0 Å². The van der Waals surface area contributed by atoms with Gasteiger partial charge in [-0.2, -0.15) is 0 Å². The summed E-state index contributed by atoms with van der Waals surface area (Å²) in [6, 6.07) is 18.1. The van der Waals surface area contributed by atoms with Crippen LogP contribution >= 0.6 is 0 Å². The van der Waals surface area contributed by atoms with Crippen LogP contribution in [0.15, 0.2) is 54.7 Å². The molecule has 0 atom stereocenters. The van der Waals surface area contributed by atoms with E-state index >= 15 is 0 Å². The fraction of sp³-hybridized carbons (Fsp3) is 0.467. The second kappa shape index (κ2) is 8.63. The lowest BCUT2D eigenvalue weighted by molar-refractivity contribution is -0.124. The van der Waals surface area contributed by atoms with Gasteiger partial charge in [0.15, 0.2) is 0 Å². The fourth-order valence-electron chi connectivity index (χ4n) is 5.75. The van der Waals surface area contributed by atoms with E-state index in [1.807, 2.05) is 0 Å². The molecular weight excluding hydrogens is 432 g/mol. The number of rotatable bonds is 4. The maximum absolute atomic E-state index is 5.48. The van der Waals surface area contributed by atoms with E-state index in [9.17, 15) is 0 Å². The van der Waals surface area contributed by atoms with Crippen LogP contribution in [0.1, 0.15) is 54.6 Å². The Hall–Kier alpha value is -2.92. The molecule has 182 valence electrons. The average Bonchev–Trinajstić information content (AvgIpc) is 2.87. The lowest BCUT2D eigenvalue weighted by Gasteiger charge is -2.47. The zero-order valence-electron chi connectivity index (χ0n) is 21.3. The number of piperidine rings is 1. The van der Waals surface area contributed by atoms with E-state index in [1.54, 1.807) is 0 Å². The molecule has 3 aliphatic heterocycles. The van der Waals surface area contributed by atoms with Crippen molar-refractivity contribution < 1.29 is 4.74 Å². The molecule has 3 aromatic rings. The van der Waals surface area contributed by atoms with Gasteiger partial charge in [-0.05, 0) is 55.0 Å². The first-order chi connectivity index (χ1) is 16.9. The third kappa shape index (κ3) is 4.20. The molecule has 0 amide bonds. The number of nitrogens with zero attached hydrogens (tertiary/aromatic N) is 4. The van der Waals surface area contributed by atoms with E-state index < -0.39 is 0 Å². The molecule has 5 heteroatoms. The van der Waals surface area contributed by atoms with Crippen molar-refractivity contribution in [3.05, 3.63) is 82.7 Å². The van der Waals surface area contributed by atoms with E-state index in [-0.39, 0.29) is 5.41 Å². The SMILES string of the molecule is Cc1ccc(C(C)(C)c2ccc(N3CCc4cnc(N5CCC6(CC5)COC6)nc4C3)cc2)cc1. The lowest BCUT2D eigenvalue weighted by atomic mass is 9.77. The summed E-state index contributed by atoms with van der Waals surface area (Å²) in [7, 11) is 0. The molecule has 0 bridgehead atoms. The summed E-state index contributed by atoms with van der Waals surface area (Å²) in [6.07, 6.45) is 5.43. The molecule has 35 heavy (non-hydrogen) atoms. The van der Waals surface area contributed by atoms with Gasteiger partial charge in [0.2, 0.25) is 5.95 Å². The second-order valence-electron chi connectivity index (χ2n) is 11.3. The summed E-state index contributed by atoms with van der Waals surface area (Å²) >= 11 is 0. The summed E-state index contributed by atoms with van der Waals surface area (Å²) in [5.41, 5.74) is 8.13. The minimum Gasteiger partial charge on any atom is -0.380 e. The topological polar surface area (TPSA) is 41.5 Å². The molecule has 1 spiro atoms. The summed E-state index contributed by atoms with van der Waals surface area (Å²) in [5.74, 6) is 0.899. The number of fused-ring (bicyclic) bond motifs is 1. The van der Waals surface area contributed by atoms with Crippen LogP contribution in [0.4, 0.5) is 11.6 Å². The van der Waals surface area contributed by atoms with Gasteiger partial charge in [-0.15, -0.1) is 0 Å². The fourth-order valence-corrected chi connectivity index (χ4v) is 5.75. The molecule has 2 saturated heterocycles. The smallest absolute Gasteiger partial charge is 0.225 e. The molecule has 1 aromatic heterocycles. The van der Waals surface area contributed by atoms with Gasteiger partial charge in [-0.1, -0.05) is 55.8 Å². The largest absolute Gasteiger partial charge is 0.380 e. The number of aromatic nitrogens is 2. The summed E-state index contributed by atoms with van der Waals surface area (Å²) < 4.78 is 5.48. The predicted molar refractivity (Wildman–Crippen MR) is 141 cm³/mol. The molecule has 0 aliphatic carbocycles. The molecule has 5 nitrogen and oxygen atoms in total. The first kappa shape index (κ1) is 22.5. The molecule has 0 unspecified atom stereocenters. The number of ether oxygens (including phenoxy) is 1. The second-order valence-corrected chi connectivity index (χ2v) is 11.3. The van der Waals surface area contributed by atoms with Crippen molar-refractivity contribution in [3.8, 4) is 0 Å². The molecule has 2 fully saturated rings. The van der Waals surface area contributed by atoms with E-state index in [0.717, 1.165) is 51.8 Å². The Balaban J connectivity index is 1.16. The molecule has 0 radical (unpaired) electrons. The van der Waals surface area contributed by atoms with Crippen molar-refractivity contribution in [2.24, 2.45) is 5.41 Å². The Morgan fingerprint density at radius 2 is 1.51 bits per heavy atom. The molecule has 6 rings (SSSR count). The quantitative estimate of drug-likeness (QED) is 0.520. The monoisotopic (exact) mass is 468 g/mol. The van der Waals surface area contributed by atoms with Gasteiger partial charge in [0.05, 0.1) is 25.5 Å². The summed E-state index contributed by atoms with van der Waals surface area (Å²) in [5, 5.41) is 0. The maximum Gasteiger partial charge on any atom is 0.225 e. The highest BCUT2D eigenvalue weighted by Gasteiger charge is 2.41. The Morgan fingerprint density at radius 1 is 0.857 bits per heavy atom. The normalized spacial score (nSPS) is 19.4. The maximum atomic E-state index is 5.48. The van der Waals surface area contributed by atoms with E-state index in [0.29, 0.717) is 5.41 Å². The Morgan fingerprint density at radius 3 is 2.14 bits per heavy atom. The lowest BCUT2D eigenvalue weighted by Crippen LogP contribution is -2.51. The minimum absolute atomic E-state index is 0.0263. The van der Waals surface area contributed by atoms with Gasteiger partial charge >= 0.3 is 0 Å². The summed E-state index contributed by atoms with van der Waals surface area (Å²) in [6.45, 7) is 12.5. The standard InChI is InChI=1S/C30H36N4O/c1-22-4-6-24(7-5-22)29(2,3)25-8-10-26(11-9-25)34-15-12-23-18-31-28(32-27(23)19-34)33-16-13-30(14-17-33)20-35-21-30/h4-11,18H,12-17,19-21H2,1-3H3. The van der Waals surface area contributed by atoms with Crippen LogP contribution in [0, 0.1) is 12.3 Å². The van der Waals surface area contributed by atoms with Crippen molar-refractivity contribution in [1.82, 2.24) is 9.97 Å². The molecular formula is C30H36N4O. The predicted octanol–water partition coefficient (Wildman–Crippen LogP) is 5.29. The van der Waals surface area contributed by atoms with Crippen LogP contribution in [-0.4, -0.2) is 42.8 Å². The summed E-state index contributed by atoms with van der Waals surface area (Å²) in [4.78, 5) is 14.6. The van der Waals surface area contributed by atoms with E-state index in [4.69, 9.17) is 14.7 Å². The van der Waals surface area contributed by atoms with Crippen LogP contribution in [0.2, 0.25) is 0 Å². The van der Waals surface area contributed by atoms with Crippen molar-refractivity contribution in [1.29, 1.82) is 0 Å². The molecule has 0 saturated carbocycles. The van der Waals surface area contributed by atoms with Crippen molar-refractivity contribution >= 4 is 11.6 Å². The zero-order valence-corrected chi connectivity index (χ0v) is 21.3. The van der Waals surface area contributed by atoms with E-state index in [2.05, 4.69) is 85.3 Å². The molecule has 0 N–H and O–H groups in total. The first-order valence-corrected chi connectivity index (χ1v) is 13.0. The van der Waals surface area contributed by atoms with Gasteiger partial charge in [0.1, 0.15) is 0 Å². The Bertz CT molecular complexity index is 1190. The third-order valence-corrected chi connectivity index (χ3v) is 8.58. The first-order valence-electron chi connectivity index (χ1n) is 13.0. The van der Waals surface area contributed by atoms with Crippen LogP contribution in [0.5, 0.6) is 0 Å². The third-order valence-electron chi connectivity index (χ3n) is 8.58. The minimum atomic E-state index is -0.0263. The van der Waals surface area contributed by atoms with Crippen molar-refractivity contribution in [2.75, 3.05) is 42.6 Å². The Kier molecular flexibility index (Phi) is 5.56. The number of hydrogen-bond acceptors (Lipinski definition) is 5. The van der Waals surface area contributed by atoms with Gasteiger partial charge in [0, 0.05) is 42.3 Å². The van der Waals surface area contributed by atoms with Crippen LogP contribution < -0.4 is 9.80 Å². The van der Waals surface area contributed by atoms with Gasteiger partial charge < -0.3 is 14.5 Å². The molecule has 4 heterocycles. The van der Waals surface area contributed by atoms with Crippen molar-refractivity contribution in [2.45, 2.75) is 52.0 Å². The number of hydrogen-bond donors (Lipinski definition) is 0. The number of aryl methyl sites for hydroxylation is 1. The highest BCUT2D eigenvalue weighted by Crippen LogP contribution is 2.39. The highest BCUT2D eigenvalue weighted by atomic mass is 16.5. The van der Waals surface area contributed by atoms with Crippen molar-refractivity contribution in [3.63, 3.8) is 0 Å². The molecule has 2 aromatic carbocycles. The number of anilines is 2. The highest BCUT2D eigenvalue weighted by molar-refractivity contribution is 5.52. The Labute approximate surface area is 209 Å². The zero-order chi connectivity index (χ0) is 24.0.